The Kier molecular flexibility index (Phi) is 4.26. The third kappa shape index (κ3) is 3.89. The summed E-state index contributed by atoms with van der Waals surface area (Å²) in [7, 11) is 0. The van der Waals surface area contributed by atoms with Crippen LogP contribution in [0.2, 0.25) is 5.02 Å². The Bertz CT molecular complexity index is 569. The van der Waals surface area contributed by atoms with Gasteiger partial charge in [-0.2, -0.15) is 0 Å². The van der Waals surface area contributed by atoms with Gasteiger partial charge in [0.1, 0.15) is 0 Å². The number of carbonyl (C=O) groups is 1. The quantitative estimate of drug-likeness (QED) is 0.753. The van der Waals surface area contributed by atoms with Crippen molar-refractivity contribution in [3.63, 3.8) is 0 Å². The molecule has 4 nitrogen and oxygen atoms in total. The smallest absolute Gasteiger partial charge is 0.319 e. The van der Waals surface area contributed by atoms with Crippen LogP contribution in [0.5, 0.6) is 0 Å². The summed E-state index contributed by atoms with van der Waals surface area (Å²) in [5, 5.41) is 5.93. The molecule has 0 atom stereocenters. The van der Waals surface area contributed by atoms with Gasteiger partial charge in [-0.05, 0) is 29.8 Å². The van der Waals surface area contributed by atoms with Crippen molar-refractivity contribution in [2.24, 2.45) is 0 Å². The number of para-hydroxylation sites is 1. The Morgan fingerprint density at radius 2 is 1.79 bits per heavy atom. The zero-order valence-corrected chi connectivity index (χ0v) is 10.9. The molecule has 0 aromatic heterocycles. The second-order valence-electron chi connectivity index (χ2n) is 4.03. The van der Waals surface area contributed by atoms with E-state index in [2.05, 4.69) is 10.6 Å². The number of carbonyl (C=O) groups excluding carboxylic acids is 1. The van der Waals surface area contributed by atoms with E-state index in [-0.39, 0.29) is 6.03 Å². The average molecular weight is 276 g/mol. The first-order valence-electron chi connectivity index (χ1n) is 5.79. The highest BCUT2D eigenvalue weighted by Crippen LogP contribution is 2.20. The zero-order chi connectivity index (χ0) is 13.7. The minimum Gasteiger partial charge on any atom is -0.399 e. The summed E-state index contributed by atoms with van der Waals surface area (Å²) in [6, 6.07) is 14.1. The molecule has 4 N–H and O–H groups in total. The Hall–Kier alpha value is -2.20. The van der Waals surface area contributed by atoms with E-state index in [4.69, 9.17) is 17.3 Å². The molecule has 98 valence electrons. The number of amides is 2. The van der Waals surface area contributed by atoms with Crippen LogP contribution in [0.25, 0.3) is 0 Å². The fraction of sp³-hybridized carbons (Fsp3) is 0.0714. The number of benzene rings is 2. The fourth-order valence-electron chi connectivity index (χ4n) is 1.55. The van der Waals surface area contributed by atoms with Crippen LogP contribution in [0, 0.1) is 0 Å². The lowest BCUT2D eigenvalue weighted by molar-refractivity contribution is 0.251. The van der Waals surface area contributed by atoms with Crippen LogP contribution in [0.1, 0.15) is 5.56 Å². The van der Waals surface area contributed by atoms with Crippen molar-refractivity contribution >= 4 is 29.0 Å². The lowest BCUT2D eigenvalue weighted by Crippen LogP contribution is -2.28. The number of nitrogens with one attached hydrogen (secondary N) is 2. The van der Waals surface area contributed by atoms with Gasteiger partial charge in [0.2, 0.25) is 0 Å². The monoisotopic (exact) mass is 275 g/mol. The van der Waals surface area contributed by atoms with Crippen molar-refractivity contribution in [3.8, 4) is 0 Å². The second kappa shape index (κ2) is 6.11. The molecule has 0 aliphatic rings. The lowest BCUT2D eigenvalue weighted by atomic mass is 10.2. The highest BCUT2D eigenvalue weighted by molar-refractivity contribution is 6.33. The van der Waals surface area contributed by atoms with Crippen LogP contribution in [-0.2, 0) is 6.54 Å². The van der Waals surface area contributed by atoms with Gasteiger partial charge in [-0.3, -0.25) is 0 Å². The summed E-state index contributed by atoms with van der Waals surface area (Å²) in [6.07, 6.45) is 0. The molecule has 0 heterocycles. The van der Waals surface area contributed by atoms with E-state index >= 15 is 0 Å². The van der Waals surface area contributed by atoms with Crippen molar-refractivity contribution < 1.29 is 4.79 Å². The van der Waals surface area contributed by atoms with E-state index in [0.29, 0.717) is 22.9 Å². The van der Waals surface area contributed by atoms with E-state index in [1.165, 1.54) is 0 Å². The Balaban J connectivity index is 1.88. The van der Waals surface area contributed by atoms with Gasteiger partial charge in [0.15, 0.2) is 0 Å². The first kappa shape index (κ1) is 13.2. The standard InChI is InChI=1S/C14H14ClN3O/c15-12-3-1-2-4-13(12)18-14(19)17-9-10-5-7-11(16)8-6-10/h1-8H,9,16H2,(H2,17,18,19). The van der Waals surface area contributed by atoms with Crippen molar-refractivity contribution in [2.45, 2.75) is 6.54 Å². The second-order valence-corrected chi connectivity index (χ2v) is 4.44. The largest absolute Gasteiger partial charge is 0.399 e. The van der Waals surface area contributed by atoms with E-state index < -0.39 is 0 Å². The number of hydrogen-bond donors (Lipinski definition) is 3. The maximum atomic E-state index is 11.7. The molecule has 2 rings (SSSR count). The molecule has 0 bridgehead atoms. The molecule has 0 fully saturated rings. The Labute approximate surface area is 116 Å². The topological polar surface area (TPSA) is 67.1 Å². The van der Waals surface area contributed by atoms with Crippen LogP contribution in [0.3, 0.4) is 0 Å². The number of anilines is 2. The molecule has 0 unspecified atom stereocenters. The normalized spacial score (nSPS) is 9.95. The number of urea groups is 1. The van der Waals surface area contributed by atoms with Gasteiger partial charge in [-0.15, -0.1) is 0 Å². The SMILES string of the molecule is Nc1ccc(CNC(=O)Nc2ccccc2Cl)cc1. The molecule has 0 aliphatic carbocycles. The van der Waals surface area contributed by atoms with E-state index in [9.17, 15) is 4.79 Å². The highest BCUT2D eigenvalue weighted by Gasteiger charge is 2.04. The molecule has 2 aromatic rings. The van der Waals surface area contributed by atoms with E-state index in [0.717, 1.165) is 5.56 Å². The minimum atomic E-state index is -0.301. The predicted molar refractivity (Wildman–Crippen MR) is 78.2 cm³/mol. The Morgan fingerprint density at radius 3 is 2.47 bits per heavy atom. The maximum absolute atomic E-state index is 11.7. The van der Waals surface area contributed by atoms with Gasteiger partial charge in [0.25, 0.3) is 0 Å². The number of nitrogens with two attached hydrogens (primary N) is 1. The van der Waals surface area contributed by atoms with Gasteiger partial charge < -0.3 is 16.4 Å². The highest BCUT2D eigenvalue weighted by atomic mass is 35.5. The van der Waals surface area contributed by atoms with Crippen LogP contribution < -0.4 is 16.4 Å². The van der Waals surface area contributed by atoms with E-state index in [1.807, 2.05) is 18.2 Å². The summed E-state index contributed by atoms with van der Waals surface area (Å²) in [5.41, 5.74) is 7.84. The molecule has 0 saturated heterocycles. The number of hydrogen-bond acceptors (Lipinski definition) is 2. The summed E-state index contributed by atoms with van der Waals surface area (Å²) in [4.78, 5) is 11.7. The van der Waals surface area contributed by atoms with Gasteiger partial charge in [-0.1, -0.05) is 35.9 Å². The maximum Gasteiger partial charge on any atom is 0.319 e. The van der Waals surface area contributed by atoms with Crippen molar-refractivity contribution in [1.82, 2.24) is 5.32 Å². The molecule has 19 heavy (non-hydrogen) atoms. The van der Waals surface area contributed by atoms with Crippen molar-refractivity contribution in [3.05, 3.63) is 59.1 Å². The predicted octanol–water partition coefficient (Wildman–Crippen LogP) is 3.24. The Morgan fingerprint density at radius 1 is 1.11 bits per heavy atom. The molecule has 0 spiro atoms. The number of nitrogen functional groups attached to an aromatic ring is 1. The van der Waals surface area contributed by atoms with Crippen molar-refractivity contribution in [2.75, 3.05) is 11.1 Å². The third-order valence-corrected chi connectivity index (χ3v) is 2.88. The van der Waals surface area contributed by atoms with Gasteiger partial charge in [-0.25, -0.2) is 4.79 Å². The van der Waals surface area contributed by atoms with Crippen LogP contribution in [0.4, 0.5) is 16.2 Å². The summed E-state index contributed by atoms with van der Waals surface area (Å²) in [5.74, 6) is 0. The molecule has 2 aromatic carbocycles. The van der Waals surface area contributed by atoms with Gasteiger partial charge >= 0.3 is 6.03 Å². The summed E-state index contributed by atoms with van der Waals surface area (Å²) < 4.78 is 0. The molecular weight excluding hydrogens is 262 g/mol. The zero-order valence-electron chi connectivity index (χ0n) is 10.2. The first-order valence-corrected chi connectivity index (χ1v) is 6.17. The fourth-order valence-corrected chi connectivity index (χ4v) is 1.73. The van der Waals surface area contributed by atoms with Gasteiger partial charge in [0.05, 0.1) is 10.7 Å². The van der Waals surface area contributed by atoms with Crippen LogP contribution >= 0.6 is 11.6 Å². The number of rotatable bonds is 3. The van der Waals surface area contributed by atoms with Crippen LogP contribution in [-0.4, -0.2) is 6.03 Å². The molecule has 0 aliphatic heterocycles. The molecule has 2 amide bonds. The molecular formula is C14H14ClN3O. The summed E-state index contributed by atoms with van der Waals surface area (Å²) in [6.45, 7) is 0.427. The average Bonchev–Trinajstić information content (AvgIpc) is 2.41. The molecule has 0 saturated carbocycles. The molecule has 5 heteroatoms. The third-order valence-electron chi connectivity index (χ3n) is 2.55. The minimum absolute atomic E-state index is 0.301. The van der Waals surface area contributed by atoms with Crippen molar-refractivity contribution in [1.29, 1.82) is 0 Å². The lowest BCUT2D eigenvalue weighted by Gasteiger charge is -2.09. The summed E-state index contributed by atoms with van der Waals surface area (Å²) >= 11 is 5.95. The number of halogens is 1. The first-order chi connectivity index (χ1) is 9.15. The van der Waals surface area contributed by atoms with Gasteiger partial charge in [0, 0.05) is 12.2 Å². The van der Waals surface area contributed by atoms with E-state index in [1.54, 1.807) is 30.3 Å². The molecule has 0 radical (unpaired) electrons. The van der Waals surface area contributed by atoms with Crippen LogP contribution in [0.15, 0.2) is 48.5 Å².